The summed E-state index contributed by atoms with van der Waals surface area (Å²) in [5.41, 5.74) is 13.0. The number of methoxy groups -OCH3 is 1. The monoisotopic (exact) mass is 382 g/mol. The number of sulfone groups is 1. The van der Waals surface area contributed by atoms with Crippen molar-refractivity contribution >= 4 is 27.1 Å². The Morgan fingerprint density at radius 1 is 1.42 bits per heavy atom. The molecule has 0 aliphatic carbocycles. The van der Waals surface area contributed by atoms with Crippen LogP contribution in [0.4, 0.5) is 11.4 Å². The van der Waals surface area contributed by atoms with Gasteiger partial charge in [0.25, 0.3) is 0 Å². The summed E-state index contributed by atoms with van der Waals surface area (Å²) < 4.78 is 28.6. The van der Waals surface area contributed by atoms with Crippen LogP contribution in [0.2, 0.25) is 0 Å². The predicted octanol–water partition coefficient (Wildman–Crippen LogP) is 0.411. The maximum Gasteiger partial charge on any atom is 0.248 e. The molecule has 1 unspecified atom stereocenters. The van der Waals surface area contributed by atoms with E-state index in [1.54, 1.807) is 25.3 Å². The molecule has 1 aliphatic heterocycles. The number of carbonyl (C=O) groups is 1. The van der Waals surface area contributed by atoms with Crippen LogP contribution in [0, 0.1) is 0 Å². The number of rotatable bonds is 8. The number of ether oxygens (including phenoxy) is 1. The van der Waals surface area contributed by atoms with Crippen LogP contribution in [-0.4, -0.2) is 64.5 Å². The predicted molar refractivity (Wildman–Crippen MR) is 103 cm³/mol. The average molecular weight is 382 g/mol. The summed E-state index contributed by atoms with van der Waals surface area (Å²) in [6.07, 6.45) is 0.321. The number of benzene rings is 1. The van der Waals surface area contributed by atoms with Crippen molar-refractivity contribution in [2.75, 3.05) is 49.7 Å². The minimum atomic E-state index is -3.17. The molecule has 1 fully saturated rings. The number of piperazine rings is 1. The molecule has 0 bridgehead atoms. The zero-order valence-corrected chi connectivity index (χ0v) is 15.7. The van der Waals surface area contributed by atoms with Gasteiger partial charge in [0, 0.05) is 37.7 Å². The largest absolute Gasteiger partial charge is 0.397 e. The van der Waals surface area contributed by atoms with Gasteiger partial charge in [0.2, 0.25) is 5.91 Å². The van der Waals surface area contributed by atoms with E-state index >= 15 is 0 Å². The van der Waals surface area contributed by atoms with Crippen molar-refractivity contribution < 1.29 is 17.9 Å². The molecule has 1 saturated heterocycles. The topological polar surface area (TPSA) is 119 Å². The van der Waals surface area contributed by atoms with Crippen molar-refractivity contribution in [1.29, 1.82) is 0 Å². The van der Waals surface area contributed by atoms with Gasteiger partial charge in [-0.05, 0) is 31.2 Å². The van der Waals surface area contributed by atoms with Gasteiger partial charge in [-0.15, -0.1) is 0 Å². The van der Waals surface area contributed by atoms with E-state index in [0.717, 1.165) is 17.6 Å². The summed E-state index contributed by atoms with van der Waals surface area (Å²) >= 11 is 0. The van der Waals surface area contributed by atoms with Crippen molar-refractivity contribution in [2.45, 2.75) is 12.6 Å². The smallest absolute Gasteiger partial charge is 0.248 e. The van der Waals surface area contributed by atoms with Crippen LogP contribution < -0.4 is 16.4 Å². The highest BCUT2D eigenvalue weighted by molar-refractivity contribution is 7.94. The first-order chi connectivity index (χ1) is 12.3. The quantitative estimate of drug-likeness (QED) is 0.625. The van der Waals surface area contributed by atoms with Crippen LogP contribution in [0.3, 0.4) is 0 Å². The molecule has 144 valence electrons. The molecular weight excluding hydrogens is 356 g/mol. The Morgan fingerprint density at radius 2 is 2.15 bits per heavy atom. The maximum absolute atomic E-state index is 11.5. The van der Waals surface area contributed by atoms with Crippen molar-refractivity contribution in [3.05, 3.63) is 35.7 Å². The van der Waals surface area contributed by atoms with Crippen molar-refractivity contribution in [3.8, 4) is 0 Å². The van der Waals surface area contributed by atoms with E-state index in [2.05, 4.69) is 11.5 Å². The molecule has 1 atom stereocenters. The van der Waals surface area contributed by atoms with E-state index < -0.39 is 15.7 Å². The van der Waals surface area contributed by atoms with Gasteiger partial charge in [0.05, 0.1) is 17.1 Å². The van der Waals surface area contributed by atoms with Crippen LogP contribution >= 0.6 is 0 Å². The fourth-order valence-electron chi connectivity index (χ4n) is 3.03. The van der Waals surface area contributed by atoms with Gasteiger partial charge in [-0.2, -0.15) is 0 Å². The Labute approximate surface area is 154 Å². The van der Waals surface area contributed by atoms with Crippen molar-refractivity contribution in [2.24, 2.45) is 5.73 Å². The molecule has 0 saturated carbocycles. The fourth-order valence-corrected chi connectivity index (χ4v) is 3.72. The Hall–Kier alpha value is -2.10. The molecule has 1 heterocycles. The van der Waals surface area contributed by atoms with E-state index in [0.29, 0.717) is 37.3 Å². The van der Waals surface area contributed by atoms with Gasteiger partial charge in [0.15, 0.2) is 9.84 Å². The van der Waals surface area contributed by atoms with Crippen LogP contribution in [0.15, 0.2) is 30.2 Å². The van der Waals surface area contributed by atoms with E-state index in [4.69, 9.17) is 16.2 Å². The SMILES string of the molecule is C=CS(=O)(=O)CCCN1CCN(c2ccc(C(N)=O)cc2N)C(OC)C1. The lowest BCUT2D eigenvalue weighted by atomic mass is 10.1. The second kappa shape index (κ2) is 8.52. The number of carbonyl (C=O) groups excluding carboxylic acids is 1. The lowest BCUT2D eigenvalue weighted by Crippen LogP contribution is -2.54. The Balaban J connectivity index is 2.02. The molecule has 1 aliphatic rings. The number of anilines is 2. The first-order valence-electron chi connectivity index (χ1n) is 8.33. The van der Waals surface area contributed by atoms with E-state index in [1.807, 2.05) is 4.90 Å². The third-order valence-corrected chi connectivity index (χ3v) is 5.84. The number of nitrogens with two attached hydrogens (primary N) is 2. The summed E-state index contributed by atoms with van der Waals surface area (Å²) in [5, 5.41) is 1.00. The molecule has 2 rings (SSSR count). The van der Waals surface area contributed by atoms with Gasteiger partial charge in [-0.25, -0.2) is 8.42 Å². The van der Waals surface area contributed by atoms with Crippen LogP contribution in [0.5, 0.6) is 0 Å². The summed E-state index contributed by atoms with van der Waals surface area (Å²) in [6, 6.07) is 4.98. The Bertz CT molecular complexity index is 766. The highest BCUT2D eigenvalue weighted by Gasteiger charge is 2.28. The number of primary amides is 1. The maximum atomic E-state index is 11.5. The number of nitrogens with zero attached hydrogens (tertiary/aromatic N) is 2. The fraction of sp³-hybridized carbons (Fsp3) is 0.471. The Morgan fingerprint density at radius 3 is 2.73 bits per heavy atom. The normalized spacial score (nSPS) is 18.7. The zero-order chi connectivity index (χ0) is 19.3. The van der Waals surface area contributed by atoms with Gasteiger partial charge in [-0.3, -0.25) is 9.69 Å². The number of hydrogen-bond donors (Lipinski definition) is 2. The standard InChI is InChI=1S/C17H26N4O4S/c1-3-26(23,24)10-4-7-20-8-9-21(16(12-20)25-2)15-6-5-13(17(19)22)11-14(15)18/h3,5-6,11,16H,1,4,7-10,12,18H2,2H3,(H2,19,22). The Kier molecular flexibility index (Phi) is 6.63. The third kappa shape index (κ3) is 4.96. The van der Waals surface area contributed by atoms with E-state index in [-0.39, 0.29) is 12.0 Å². The van der Waals surface area contributed by atoms with Gasteiger partial charge >= 0.3 is 0 Å². The molecule has 1 aromatic carbocycles. The summed E-state index contributed by atoms with van der Waals surface area (Å²) in [5.74, 6) is -0.429. The highest BCUT2D eigenvalue weighted by Crippen LogP contribution is 2.28. The molecule has 0 spiro atoms. The molecular formula is C17H26N4O4S. The molecule has 8 nitrogen and oxygen atoms in total. The molecule has 4 N–H and O–H groups in total. The number of amides is 1. The lowest BCUT2D eigenvalue weighted by Gasteiger charge is -2.42. The molecule has 1 amide bonds. The minimum absolute atomic E-state index is 0.0931. The first kappa shape index (κ1) is 20.2. The number of nitrogen functional groups attached to an aromatic ring is 1. The highest BCUT2D eigenvalue weighted by atomic mass is 32.2. The summed E-state index contributed by atoms with van der Waals surface area (Å²) in [7, 11) is -1.55. The first-order valence-corrected chi connectivity index (χ1v) is 10.0. The van der Waals surface area contributed by atoms with Gasteiger partial charge < -0.3 is 21.1 Å². The minimum Gasteiger partial charge on any atom is -0.397 e. The zero-order valence-electron chi connectivity index (χ0n) is 14.9. The van der Waals surface area contributed by atoms with Crippen LogP contribution in [-0.2, 0) is 14.6 Å². The van der Waals surface area contributed by atoms with Gasteiger partial charge in [-0.1, -0.05) is 6.58 Å². The van der Waals surface area contributed by atoms with Crippen LogP contribution in [0.1, 0.15) is 16.8 Å². The van der Waals surface area contributed by atoms with E-state index in [9.17, 15) is 13.2 Å². The summed E-state index contributed by atoms with van der Waals surface area (Å²) in [4.78, 5) is 15.5. The molecule has 9 heteroatoms. The second-order valence-corrected chi connectivity index (χ2v) is 8.28. The molecule has 26 heavy (non-hydrogen) atoms. The number of hydrogen-bond acceptors (Lipinski definition) is 7. The third-order valence-electron chi connectivity index (χ3n) is 4.47. The van der Waals surface area contributed by atoms with Crippen molar-refractivity contribution in [1.82, 2.24) is 4.90 Å². The average Bonchev–Trinajstić information content (AvgIpc) is 2.61. The van der Waals surface area contributed by atoms with Gasteiger partial charge in [0.1, 0.15) is 6.23 Å². The van der Waals surface area contributed by atoms with E-state index in [1.165, 1.54) is 0 Å². The molecule has 0 aromatic heterocycles. The lowest BCUT2D eigenvalue weighted by molar-refractivity contribution is 0.0408. The van der Waals surface area contributed by atoms with Crippen LogP contribution in [0.25, 0.3) is 0 Å². The van der Waals surface area contributed by atoms with Crippen molar-refractivity contribution in [3.63, 3.8) is 0 Å². The molecule has 1 aromatic rings. The molecule has 0 radical (unpaired) electrons. The summed E-state index contributed by atoms with van der Waals surface area (Å²) in [6.45, 7) is 6.04. The second-order valence-electron chi connectivity index (χ2n) is 6.21.